The lowest BCUT2D eigenvalue weighted by molar-refractivity contribution is -0.143. The molecule has 5 heteroatoms. The molecular weight excluding hydrogens is 230 g/mol. The molecule has 0 aliphatic carbocycles. The van der Waals surface area contributed by atoms with Gasteiger partial charge in [-0.05, 0) is 27.7 Å². The Bertz CT molecular complexity index is 493. The van der Waals surface area contributed by atoms with Crippen molar-refractivity contribution in [2.45, 2.75) is 34.6 Å². The van der Waals surface area contributed by atoms with Crippen LogP contribution in [0.4, 0.5) is 0 Å². The average molecular weight is 250 g/mol. The second kappa shape index (κ2) is 5.16. The highest BCUT2D eigenvalue weighted by Crippen LogP contribution is 2.25. The van der Waals surface area contributed by atoms with Gasteiger partial charge in [0.25, 0.3) is 6.34 Å². The lowest BCUT2D eigenvalue weighted by Gasteiger charge is -2.15. The zero-order valence-electron chi connectivity index (χ0n) is 11.5. The van der Waals surface area contributed by atoms with E-state index in [2.05, 4.69) is 9.98 Å². The number of aliphatic imine (C=N–C) groups is 1. The van der Waals surface area contributed by atoms with Crippen molar-refractivity contribution >= 4 is 18.0 Å². The number of nitrogens with two attached hydrogens (primary N) is 1. The first-order valence-electron chi connectivity index (χ1n) is 5.75. The molecule has 0 unspecified atom stereocenters. The van der Waals surface area contributed by atoms with E-state index in [0.717, 1.165) is 17.0 Å². The summed E-state index contributed by atoms with van der Waals surface area (Å²) < 4.78 is 5.35. The van der Waals surface area contributed by atoms with E-state index in [0.29, 0.717) is 5.75 Å². The Morgan fingerprint density at radius 2 is 2.11 bits per heavy atom. The number of hydrogen-bond acceptors (Lipinski definition) is 2. The van der Waals surface area contributed by atoms with Crippen molar-refractivity contribution < 1.29 is 14.9 Å². The number of nitrogens with zero attached hydrogens (tertiary/aromatic N) is 1. The summed E-state index contributed by atoms with van der Waals surface area (Å²) in [5.41, 5.74) is 1.87. The smallest absolute Gasteiger partial charge is 0.316 e. The van der Waals surface area contributed by atoms with Gasteiger partial charge in [-0.1, -0.05) is 4.99 Å². The lowest BCUT2D eigenvalue weighted by Crippen LogP contribution is -2.28. The number of ether oxygens (including phenoxy) is 1. The fraction of sp³-hybridized carbons (Fsp3) is 0.462. The highest BCUT2D eigenvalue weighted by Gasteiger charge is 2.25. The fourth-order valence-corrected chi connectivity index (χ4v) is 1.39. The maximum absolute atomic E-state index is 11.8. The maximum Gasteiger partial charge on any atom is 0.316 e. The third kappa shape index (κ3) is 3.06. The second-order valence-corrected chi connectivity index (χ2v) is 5.16. The van der Waals surface area contributed by atoms with E-state index in [9.17, 15) is 4.79 Å². The van der Waals surface area contributed by atoms with Gasteiger partial charge in [-0.2, -0.15) is 0 Å². The van der Waals surface area contributed by atoms with Gasteiger partial charge in [-0.15, -0.1) is 0 Å². The topological polar surface area (TPSA) is 80.0 Å². The van der Waals surface area contributed by atoms with Crippen LogP contribution in [0.3, 0.4) is 0 Å². The Balaban J connectivity index is 2.98. The molecule has 3 N–H and O–H groups in total. The van der Waals surface area contributed by atoms with E-state index in [4.69, 9.17) is 10.1 Å². The fourth-order valence-electron chi connectivity index (χ4n) is 1.39. The molecule has 0 saturated heterocycles. The van der Waals surface area contributed by atoms with Crippen LogP contribution in [0.5, 0.6) is 5.75 Å². The Morgan fingerprint density at radius 3 is 2.61 bits per heavy atom. The van der Waals surface area contributed by atoms with E-state index in [1.54, 1.807) is 6.20 Å². The largest absolute Gasteiger partial charge is 0.424 e. The molecule has 0 amide bonds. The van der Waals surface area contributed by atoms with Gasteiger partial charge in [-0.3, -0.25) is 10.2 Å². The molecule has 5 nitrogen and oxygen atoms in total. The van der Waals surface area contributed by atoms with Crippen molar-refractivity contribution in [3.63, 3.8) is 0 Å². The van der Waals surface area contributed by atoms with Gasteiger partial charge in [0.15, 0.2) is 11.5 Å². The number of carbonyl (C=O) groups is 1. The van der Waals surface area contributed by atoms with Crippen LogP contribution in [0, 0.1) is 12.3 Å². The molecule has 1 aromatic heterocycles. The zero-order valence-corrected chi connectivity index (χ0v) is 11.5. The minimum atomic E-state index is -0.530. The van der Waals surface area contributed by atoms with Crippen LogP contribution < -0.4 is 10.1 Å². The third-order valence-electron chi connectivity index (χ3n) is 2.54. The van der Waals surface area contributed by atoms with E-state index in [-0.39, 0.29) is 5.97 Å². The summed E-state index contributed by atoms with van der Waals surface area (Å²) in [4.78, 5) is 18.8. The molecule has 1 aromatic rings. The summed E-state index contributed by atoms with van der Waals surface area (Å²) in [6, 6.07) is 0. The minimum Gasteiger partial charge on any atom is -0.424 e. The SMILES string of the molecule is CC(=NC=[NH2+])c1[nH]cc(OC(=O)C(C)(C)C)c1C. The first-order valence-corrected chi connectivity index (χ1v) is 5.75. The number of nitrogens with one attached hydrogen (secondary N) is 1. The van der Waals surface area contributed by atoms with Crippen LogP contribution >= 0.6 is 0 Å². The van der Waals surface area contributed by atoms with Crippen molar-refractivity contribution in [3.05, 3.63) is 17.5 Å². The first-order chi connectivity index (χ1) is 8.27. The Labute approximate surface area is 107 Å². The van der Waals surface area contributed by atoms with E-state index in [1.165, 1.54) is 6.34 Å². The quantitative estimate of drug-likeness (QED) is 0.474. The zero-order chi connectivity index (χ0) is 13.9. The van der Waals surface area contributed by atoms with Gasteiger partial charge in [0.2, 0.25) is 0 Å². The molecule has 0 radical (unpaired) electrons. The average Bonchev–Trinajstić information content (AvgIpc) is 2.59. The van der Waals surface area contributed by atoms with Crippen molar-refractivity contribution in [3.8, 4) is 5.75 Å². The maximum atomic E-state index is 11.8. The van der Waals surface area contributed by atoms with Gasteiger partial charge in [0, 0.05) is 18.7 Å². The molecule has 1 heterocycles. The number of esters is 1. The third-order valence-corrected chi connectivity index (χ3v) is 2.54. The van der Waals surface area contributed by atoms with Gasteiger partial charge >= 0.3 is 5.97 Å². The molecule has 0 aromatic carbocycles. The second-order valence-electron chi connectivity index (χ2n) is 5.16. The summed E-state index contributed by atoms with van der Waals surface area (Å²) >= 11 is 0. The number of aromatic amines is 1. The van der Waals surface area contributed by atoms with Crippen LogP contribution in [0.1, 0.15) is 39.0 Å². The van der Waals surface area contributed by atoms with Gasteiger partial charge in [-0.25, -0.2) is 0 Å². The van der Waals surface area contributed by atoms with Gasteiger partial charge < -0.3 is 9.72 Å². The van der Waals surface area contributed by atoms with Crippen molar-refractivity contribution in [1.29, 1.82) is 0 Å². The van der Waals surface area contributed by atoms with Crippen LogP contribution in [-0.4, -0.2) is 23.0 Å². The summed E-state index contributed by atoms with van der Waals surface area (Å²) in [6.45, 7) is 9.14. The number of carbonyl (C=O) groups excluding carboxylic acids is 1. The van der Waals surface area contributed by atoms with Crippen LogP contribution in [0.25, 0.3) is 0 Å². The van der Waals surface area contributed by atoms with Crippen LogP contribution in [0.2, 0.25) is 0 Å². The van der Waals surface area contributed by atoms with E-state index < -0.39 is 5.41 Å². The molecular formula is C13H20N3O2+. The lowest BCUT2D eigenvalue weighted by atomic mass is 9.97. The molecule has 0 aliphatic rings. The number of rotatable bonds is 3. The molecule has 1 rings (SSSR count). The van der Waals surface area contributed by atoms with Crippen LogP contribution in [-0.2, 0) is 4.79 Å². The highest BCUT2D eigenvalue weighted by atomic mass is 16.5. The number of H-pyrrole nitrogens is 1. The number of hydrogen-bond donors (Lipinski definition) is 2. The van der Waals surface area contributed by atoms with E-state index >= 15 is 0 Å². The molecule has 0 fully saturated rings. The van der Waals surface area contributed by atoms with Gasteiger partial charge in [0.05, 0.1) is 11.1 Å². The normalized spacial score (nSPS) is 12.4. The molecule has 0 bridgehead atoms. The van der Waals surface area contributed by atoms with Crippen molar-refractivity contribution in [1.82, 2.24) is 4.98 Å². The van der Waals surface area contributed by atoms with Crippen molar-refractivity contribution in [2.75, 3.05) is 0 Å². The molecule has 98 valence electrons. The number of aromatic nitrogens is 1. The van der Waals surface area contributed by atoms with Crippen molar-refractivity contribution in [2.24, 2.45) is 10.4 Å². The summed E-state index contributed by atoms with van der Waals surface area (Å²) in [6.07, 6.45) is 2.89. The molecule has 0 aliphatic heterocycles. The molecule has 0 spiro atoms. The van der Waals surface area contributed by atoms with Gasteiger partial charge in [0.1, 0.15) is 0 Å². The molecule has 18 heavy (non-hydrogen) atoms. The Kier molecular flexibility index (Phi) is 4.06. The predicted molar refractivity (Wildman–Crippen MR) is 70.8 cm³/mol. The highest BCUT2D eigenvalue weighted by molar-refractivity contribution is 6.02. The van der Waals surface area contributed by atoms with E-state index in [1.807, 2.05) is 34.6 Å². The summed E-state index contributed by atoms with van der Waals surface area (Å²) in [5.74, 6) is 0.257. The monoisotopic (exact) mass is 250 g/mol. The first kappa shape index (κ1) is 14.2. The minimum absolute atomic E-state index is 0.267. The summed E-state index contributed by atoms with van der Waals surface area (Å²) in [5, 5.41) is 5.25. The standard InChI is InChI=1S/C13H19N3O2/c1-8-10(18-12(17)13(3,4)5)6-15-11(8)9(2)16-7-14/h6-7,14-15H,1-5H3/p+1. The molecule has 0 atom stereocenters. The predicted octanol–water partition coefficient (Wildman–Crippen LogP) is 0.871. The summed E-state index contributed by atoms with van der Waals surface area (Å²) in [7, 11) is 0. The Morgan fingerprint density at radius 1 is 1.50 bits per heavy atom. The Hall–Kier alpha value is -1.91. The molecule has 0 saturated carbocycles. The van der Waals surface area contributed by atoms with Crippen LogP contribution in [0.15, 0.2) is 11.2 Å².